The van der Waals surface area contributed by atoms with Crippen molar-refractivity contribution < 1.29 is 4.79 Å². The molecule has 3 nitrogen and oxygen atoms in total. The summed E-state index contributed by atoms with van der Waals surface area (Å²) in [5, 5.41) is 4.55. The lowest BCUT2D eigenvalue weighted by molar-refractivity contribution is 0.0937. The third-order valence-corrected chi connectivity index (χ3v) is 5.78. The maximum absolute atomic E-state index is 12.4. The summed E-state index contributed by atoms with van der Waals surface area (Å²) in [6, 6.07) is 2.50. The highest BCUT2D eigenvalue weighted by atomic mass is 32.1. The second-order valence-electron chi connectivity index (χ2n) is 6.13. The summed E-state index contributed by atoms with van der Waals surface area (Å²) in [7, 11) is 2.13. The van der Waals surface area contributed by atoms with Gasteiger partial charge in [0.25, 0.3) is 5.91 Å². The summed E-state index contributed by atoms with van der Waals surface area (Å²) in [4.78, 5) is 15.6. The van der Waals surface area contributed by atoms with Gasteiger partial charge in [0.05, 0.1) is 9.88 Å². The highest BCUT2D eigenvalue weighted by Crippen LogP contribution is 2.35. The van der Waals surface area contributed by atoms with E-state index < -0.39 is 0 Å². The number of fused-ring (bicyclic) bond motifs is 1. The zero-order valence-electron chi connectivity index (χ0n) is 12.3. The topological polar surface area (TPSA) is 32.3 Å². The minimum Gasteiger partial charge on any atom is -0.366 e. The molecule has 2 heterocycles. The summed E-state index contributed by atoms with van der Waals surface area (Å²) in [5.74, 6) is 0.143. The SMILES string of the molecule is CN1CCCc2cc(C(=O)NC3CCCCCC3)sc21. The molecule has 2 aliphatic rings. The van der Waals surface area contributed by atoms with Crippen LogP contribution in [0.25, 0.3) is 0 Å². The van der Waals surface area contributed by atoms with E-state index in [1.165, 1.54) is 42.7 Å². The van der Waals surface area contributed by atoms with Gasteiger partial charge in [-0.2, -0.15) is 0 Å². The van der Waals surface area contributed by atoms with Gasteiger partial charge in [0, 0.05) is 19.6 Å². The molecule has 0 spiro atoms. The molecule has 1 aliphatic heterocycles. The smallest absolute Gasteiger partial charge is 0.261 e. The fourth-order valence-electron chi connectivity index (χ4n) is 3.32. The molecular formula is C16H24N2OS. The van der Waals surface area contributed by atoms with Crippen LogP contribution in [-0.4, -0.2) is 25.5 Å². The molecule has 1 N–H and O–H groups in total. The van der Waals surface area contributed by atoms with Crippen molar-refractivity contribution in [3.63, 3.8) is 0 Å². The molecule has 0 saturated heterocycles. The number of carbonyl (C=O) groups is 1. The Morgan fingerprint density at radius 2 is 2.00 bits per heavy atom. The van der Waals surface area contributed by atoms with Gasteiger partial charge >= 0.3 is 0 Å². The van der Waals surface area contributed by atoms with Gasteiger partial charge in [0.15, 0.2) is 0 Å². The zero-order chi connectivity index (χ0) is 13.9. The Hall–Kier alpha value is -1.03. The fourth-order valence-corrected chi connectivity index (χ4v) is 4.42. The summed E-state index contributed by atoms with van der Waals surface area (Å²) in [6.45, 7) is 1.11. The first kappa shape index (κ1) is 13.9. The number of hydrogen-bond donors (Lipinski definition) is 1. The predicted molar refractivity (Wildman–Crippen MR) is 84.9 cm³/mol. The number of nitrogens with one attached hydrogen (secondary N) is 1. The monoisotopic (exact) mass is 292 g/mol. The average Bonchev–Trinajstić information content (AvgIpc) is 2.72. The van der Waals surface area contributed by atoms with E-state index in [9.17, 15) is 4.79 Å². The molecule has 1 aromatic heterocycles. The first-order valence-corrected chi connectivity index (χ1v) is 8.70. The highest BCUT2D eigenvalue weighted by molar-refractivity contribution is 7.18. The number of hydrogen-bond acceptors (Lipinski definition) is 3. The second-order valence-corrected chi connectivity index (χ2v) is 7.16. The van der Waals surface area contributed by atoms with Crippen LogP contribution in [0.3, 0.4) is 0 Å². The van der Waals surface area contributed by atoms with E-state index in [4.69, 9.17) is 0 Å². The summed E-state index contributed by atoms with van der Waals surface area (Å²) < 4.78 is 0. The van der Waals surface area contributed by atoms with Gasteiger partial charge in [-0.05, 0) is 37.3 Å². The lowest BCUT2D eigenvalue weighted by atomic mass is 10.1. The average molecular weight is 292 g/mol. The molecule has 0 unspecified atom stereocenters. The Balaban J connectivity index is 1.67. The Kier molecular flexibility index (Phi) is 4.29. The van der Waals surface area contributed by atoms with Crippen LogP contribution < -0.4 is 10.2 Å². The van der Waals surface area contributed by atoms with Crippen molar-refractivity contribution in [2.24, 2.45) is 0 Å². The number of thiophene rings is 1. The summed E-state index contributed by atoms with van der Waals surface area (Å²) >= 11 is 1.66. The number of anilines is 1. The van der Waals surface area contributed by atoms with Gasteiger partial charge in [-0.15, -0.1) is 11.3 Å². The van der Waals surface area contributed by atoms with E-state index in [-0.39, 0.29) is 5.91 Å². The third-order valence-electron chi connectivity index (χ3n) is 4.49. The molecule has 3 rings (SSSR count). The van der Waals surface area contributed by atoms with Crippen LogP contribution in [0.2, 0.25) is 0 Å². The third kappa shape index (κ3) is 3.00. The Labute approximate surface area is 125 Å². The van der Waals surface area contributed by atoms with Gasteiger partial charge in [-0.1, -0.05) is 25.7 Å². The van der Waals surface area contributed by atoms with Crippen LogP contribution in [0.15, 0.2) is 6.07 Å². The van der Waals surface area contributed by atoms with Crippen LogP contribution in [0.1, 0.15) is 60.2 Å². The Morgan fingerprint density at radius 3 is 2.70 bits per heavy atom. The van der Waals surface area contributed by atoms with Gasteiger partial charge in [0.2, 0.25) is 0 Å². The van der Waals surface area contributed by atoms with Crippen LogP contribution in [0.4, 0.5) is 5.00 Å². The molecule has 4 heteroatoms. The Morgan fingerprint density at radius 1 is 1.25 bits per heavy atom. The minimum absolute atomic E-state index is 0.143. The summed E-state index contributed by atoms with van der Waals surface area (Å²) in [5.41, 5.74) is 1.36. The van der Waals surface area contributed by atoms with Crippen molar-refractivity contribution in [1.82, 2.24) is 5.32 Å². The van der Waals surface area contributed by atoms with Gasteiger partial charge in [0.1, 0.15) is 0 Å². The number of nitrogens with zero attached hydrogens (tertiary/aromatic N) is 1. The lowest BCUT2D eigenvalue weighted by Crippen LogP contribution is -2.33. The van der Waals surface area contributed by atoms with E-state index in [1.54, 1.807) is 11.3 Å². The van der Waals surface area contributed by atoms with Crippen LogP contribution in [-0.2, 0) is 6.42 Å². The van der Waals surface area contributed by atoms with E-state index in [0.717, 1.165) is 30.7 Å². The predicted octanol–water partition coefficient (Wildman–Crippen LogP) is 3.58. The first-order chi connectivity index (χ1) is 9.74. The van der Waals surface area contributed by atoms with E-state index in [1.807, 2.05) is 0 Å². The Bertz CT molecular complexity index is 475. The fraction of sp³-hybridized carbons (Fsp3) is 0.688. The van der Waals surface area contributed by atoms with Gasteiger partial charge < -0.3 is 10.2 Å². The molecule has 1 amide bonds. The van der Waals surface area contributed by atoms with Gasteiger partial charge in [-0.3, -0.25) is 4.79 Å². The molecule has 1 saturated carbocycles. The first-order valence-electron chi connectivity index (χ1n) is 7.89. The van der Waals surface area contributed by atoms with Crippen LogP contribution >= 0.6 is 11.3 Å². The molecule has 0 radical (unpaired) electrons. The largest absolute Gasteiger partial charge is 0.366 e. The molecular weight excluding hydrogens is 268 g/mol. The van der Waals surface area contributed by atoms with E-state index in [2.05, 4.69) is 23.3 Å². The second kappa shape index (κ2) is 6.17. The normalized spacial score (nSPS) is 20.4. The summed E-state index contributed by atoms with van der Waals surface area (Å²) in [6.07, 6.45) is 9.78. The van der Waals surface area contributed by atoms with E-state index >= 15 is 0 Å². The highest BCUT2D eigenvalue weighted by Gasteiger charge is 2.22. The van der Waals surface area contributed by atoms with E-state index in [0.29, 0.717) is 6.04 Å². The van der Waals surface area contributed by atoms with Crippen molar-refractivity contribution >= 4 is 22.2 Å². The molecule has 110 valence electrons. The van der Waals surface area contributed by atoms with Crippen molar-refractivity contribution in [2.45, 2.75) is 57.4 Å². The maximum atomic E-state index is 12.4. The molecule has 0 aromatic carbocycles. The van der Waals surface area contributed by atoms with Crippen LogP contribution in [0.5, 0.6) is 0 Å². The maximum Gasteiger partial charge on any atom is 0.261 e. The zero-order valence-corrected chi connectivity index (χ0v) is 13.1. The number of amides is 1. The van der Waals surface area contributed by atoms with Crippen molar-refractivity contribution in [3.8, 4) is 0 Å². The number of carbonyl (C=O) groups excluding carboxylic acids is 1. The lowest BCUT2D eigenvalue weighted by Gasteiger charge is -2.23. The molecule has 1 fully saturated rings. The van der Waals surface area contributed by atoms with Crippen molar-refractivity contribution in [1.29, 1.82) is 0 Å². The van der Waals surface area contributed by atoms with Crippen molar-refractivity contribution in [2.75, 3.05) is 18.5 Å². The van der Waals surface area contributed by atoms with Crippen molar-refractivity contribution in [3.05, 3.63) is 16.5 Å². The quantitative estimate of drug-likeness (QED) is 0.845. The molecule has 20 heavy (non-hydrogen) atoms. The molecule has 1 aliphatic carbocycles. The molecule has 0 bridgehead atoms. The molecule has 1 aromatic rings. The standard InChI is InChI=1S/C16H24N2OS/c1-18-10-6-7-12-11-14(20-16(12)18)15(19)17-13-8-4-2-3-5-9-13/h11,13H,2-10H2,1H3,(H,17,19). The number of rotatable bonds is 2. The minimum atomic E-state index is 0.143. The number of aryl methyl sites for hydroxylation is 1. The van der Waals surface area contributed by atoms with Gasteiger partial charge in [-0.25, -0.2) is 0 Å². The molecule has 0 atom stereocenters. The van der Waals surface area contributed by atoms with Crippen LogP contribution in [0, 0.1) is 0 Å².